The quantitative estimate of drug-likeness (QED) is 0.676. The van der Waals surface area contributed by atoms with Crippen molar-refractivity contribution in [3.63, 3.8) is 0 Å². The van der Waals surface area contributed by atoms with Crippen LogP contribution in [-0.2, 0) is 0 Å². The third-order valence-electron chi connectivity index (χ3n) is 3.92. The molecule has 1 nitrogen and oxygen atoms in total. The molecule has 0 amide bonds. The van der Waals surface area contributed by atoms with Crippen molar-refractivity contribution in [3.8, 4) is 0 Å². The number of hydrogen-bond acceptors (Lipinski definition) is 1. The molecule has 0 bridgehead atoms. The molecular formula is C13H23N. The zero-order chi connectivity index (χ0) is 9.80. The lowest BCUT2D eigenvalue weighted by molar-refractivity contribution is 0.272. The number of allylic oxidation sites excluding steroid dienone is 1. The van der Waals surface area contributed by atoms with Gasteiger partial charge in [-0.2, -0.15) is 0 Å². The van der Waals surface area contributed by atoms with Gasteiger partial charge in [0.25, 0.3) is 0 Å². The maximum atomic E-state index is 3.50. The fraction of sp³-hybridized carbons (Fsp3) is 0.846. The molecule has 0 saturated heterocycles. The first kappa shape index (κ1) is 10.2. The van der Waals surface area contributed by atoms with Gasteiger partial charge in [-0.1, -0.05) is 30.9 Å². The van der Waals surface area contributed by atoms with Crippen molar-refractivity contribution in [1.29, 1.82) is 0 Å². The van der Waals surface area contributed by atoms with E-state index >= 15 is 0 Å². The van der Waals surface area contributed by atoms with Crippen molar-refractivity contribution >= 4 is 0 Å². The van der Waals surface area contributed by atoms with E-state index in [2.05, 4.69) is 18.4 Å². The third-order valence-corrected chi connectivity index (χ3v) is 3.92. The van der Waals surface area contributed by atoms with Crippen LogP contribution in [0.3, 0.4) is 0 Å². The van der Waals surface area contributed by atoms with Crippen LogP contribution in [0.1, 0.15) is 51.4 Å². The summed E-state index contributed by atoms with van der Waals surface area (Å²) < 4.78 is 0. The van der Waals surface area contributed by atoms with Crippen LogP contribution in [-0.4, -0.2) is 13.1 Å². The summed E-state index contributed by atoms with van der Waals surface area (Å²) in [7, 11) is 2.12. The number of nitrogens with one attached hydrogen (secondary N) is 1. The molecule has 1 N–H and O–H groups in total. The van der Waals surface area contributed by atoms with Crippen LogP contribution in [0.4, 0.5) is 0 Å². The maximum Gasteiger partial charge on any atom is 0.0279 e. The molecule has 0 aromatic rings. The Bertz CT molecular complexity index is 203. The first-order valence-electron chi connectivity index (χ1n) is 6.26. The maximum absolute atomic E-state index is 3.50. The number of rotatable bonds is 4. The van der Waals surface area contributed by atoms with Gasteiger partial charge in [0, 0.05) is 6.04 Å². The van der Waals surface area contributed by atoms with Crippen LogP contribution in [0.25, 0.3) is 0 Å². The molecule has 2 aliphatic rings. The summed E-state index contributed by atoms with van der Waals surface area (Å²) in [4.78, 5) is 0. The fourth-order valence-corrected chi connectivity index (χ4v) is 2.70. The summed E-state index contributed by atoms with van der Waals surface area (Å²) in [6.07, 6.45) is 13.8. The topological polar surface area (TPSA) is 12.0 Å². The second kappa shape index (κ2) is 4.97. The molecule has 1 heteroatoms. The predicted molar refractivity (Wildman–Crippen MR) is 61.4 cm³/mol. The molecular weight excluding hydrogens is 170 g/mol. The van der Waals surface area contributed by atoms with Gasteiger partial charge in [-0.05, 0) is 45.1 Å². The van der Waals surface area contributed by atoms with E-state index in [0.717, 1.165) is 5.92 Å². The molecule has 2 aliphatic carbocycles. The van der Waals surface area contributed by atoms with Crippen molar-refractivity contribution in [2.45, 2.75) is 57.4 Å². The van der Waals surface area contributed by atoms with Gasteiger partial charge in [0.15, 0.2) is 0 Å². The van der Waals surface area contributed by atoms with E-state index in [4.69, 9.17) is 0 Å². The second-order valence-electron chi connectivity index (χ2n) is 4.90. The molecule has 1 atom stereocenters. The van der Waals surface area contributed by atoms with Gasteiger partial charge >= 0.3 is 0 Å². The molecule has 0 aromatic heterocycles. The highest BCUT2D eigenvalue weighted by molar-refractivity contribution is 5.13. The lowest BCUT2D eigenvalue weighted by atomic mass is 9.78. The molecule has 0 spiro atoms. The van der Waals surface area contributed by atoms with Gasteiger partial charge in [0.2, 0.25) is 0 Å². The minimum atomic E-state index is 0.695. The Kier molecular flexibility index (Phi) is 3.63. The molecule has 0 aliphatic heterocycles. The highest BCUT2D eigenvalue weighted by atomic mass is 14.9. The van der Waals surface area contributed by atoms with Gasteiger partial charge in [-0.3, -0.25) is 0 Å². The van der Waals surface area contributed by atoms with Gasteiger partial charge in [0.1, 0.15) is 0 Å². The van der Waals surface area contributed by atoms with E-state index in [9.17, 15) is 0 Å². The van der Waals surface area contributed by atoms with Crippen molar-refractivity contribution < 1.29 is 0 Å². The van der Waals surface area contributed by atoms with Crippen molar-refractivity contribution in [2.75, 3.05) is 7.05 Å². The summed E-state index contributed by atoms with van der Waals surface area (Å²) in [5.41, 5.74) is 1.70. The lowest BCUT2D eigenvalue weighted by Crippen LogP contribution is -2.32. The Morgan fingerprint density at radius 1 is 1.36 bits per heavy atom. The summed E-state index contributed by atoms with van der Waals surface area (Å²) in [6, 6.07) is 0.695. The van der Waals surface area contributed by atoms with E-state index in [0.29, 0.717) is 6.04 Å². The van der Waals surface area contributed by atoms with E-state index < -0.39 is 0 Å². The van der Waals surface area contributed by atoms with Crippen molar-refractivity contribution in [3.05, 3.63) is 11.6 Å². The molecule has 0 heterocycles. The Morgan fingerprint density at radius 2 is 2.21 bits per heavy atom. The van der Waals surface area contributed by atoms with Crippen LogP contribution in [0.5, 0.6) is 0 Å². The molecule has 1 fully saturated rings. The normalized spacial score (nSPS) is 25.4. The van der Waals surface area contributed by atoms with E-state index in [1.807, 2.05) is 0 Å². The summed E-state index contributed by atoms with van der Waals surface area (Å²) in [5, 5.41) is 3.50. The minimum absolute atomic E-state index is 0.695. The standard InChI is InChI=1S/C13H23N/c1-14-13(10-11-6-5-7-11)12-8-3-2-4-9-12/h8,11,13-14H,2-7,9-10H2,1H3. The highest BCUT2D eigenvalue weighted by Gasteiger charge is 2.23. The Labute approximate surface area is 88.0 Å². The van der Waals surface area contributed by atoms with Gasteiger partial charge in [-0.15, -0.1) is 0 Å². The molecule has 80 valence electrons. The molecule has 0 radical (unpaired) electrons. The summed E-state index contributed by atoms with van der Waals surface area (Å²) in [5.74, 6) is 1.02. The van der Waals surface area contributed by atoms with Gasteiger partial charge in [-0.25, -0.2) is 0 Å². The molecule has 2 rings (SSSR count). The van der Waals surface area contributed by atoms with Crippen molar-refractivity contribution in [1.82, 2.24) is 5.32 Å². The largest absolute Gasteiger partial charge is 0.313 e. The van der Waals surface area contributed by atoms with E-state index in [-0.39, 0.29) is 0 Å². The number of hydrogen-bond donors (Lipinski definition) is 1. The predicted octanol–water partition coefficient (Wildman–Crippen LogP) is 3.27. The van der Waals surface area contributed by atoms with Crippen LogP contribution in [0.2, 0.25) is 0 Å². The molecule has 0 aromatic carbocycles. The van der Waals surface area contributed by atoms with Crippen LogP contribution in [0, 0.1) is 5.92 Å². The SMILES string of the molecule is CNC(CC1CCC1)C1=CCCCC1. The second-order valence-corrected chi connectivity index (χ2v) is 4.90. The average molecular weight is 193 g/mol. The summed E-state index contributed by atoms with van der Waals surface area (Å²) in [6.45, 7) is 0. The van der Waals surface area contributed by atoms with Crippen molar-refractivity contribution in [2.24, 2.45) is 5.92 Å². The first-order valence-corrected chi connectivity index (χ1v) is 6.26. The smallest absolute Gasteiger partial charge is 0.0279 e. The Hall–Kier alpha value is -0.300. The van der Waals surface area contributed by atoms with Crippen LogP contribution >= 0.6 is 0 Å². The van der Waals surface area contributed by atoms with E-state index in [1.54, 1.807) is 5.57 Å². The number of likely N-dealkylation sites (N-methyl/N-ethyl adjacent to an activating group) is 1. The lowest BCUT2D eigenvalue weighted by Gasteiger charge is -2.31. The Morgan fingerprint density at radius 3 is 2.71 bits per heavy atom. The minimum Gasteiger partial charge on any atom is -0.313 e. The van der Waals surface area contributed by atoms with Gasteiger partial charge in [0.05, 0.1) is 0 Å². The average Bonchev–Trinajstić information content (AvgIpc) is 2.18. The molecule has 1 saturated carbocycles. The van der Waals surface area contributed by atoms with Crippen LogP contribution in [0.15, 0.2) is 11.6 Å². The molecule has 1 unspecified atom stereocenters. The monoisotopic (exact) mass is 193 g/mol. The zero-order valence-corrected chi connectivity index (χ0v) is 9.39. The van der Waals surface area contributed by atoms with Crippen LogP contribution < -0.4 is 5.32 Å². The highest BCUT2D eigenvalue weighted by Crippen LogP contribution is 2.33. The summed E-state index contributed by atoms with van der Waals surface area (Å²) >= 11 is 0. The van der Waals surface area contributed by atoms with E-state index in [1.165, 1.54) is 51.4 Å². The Balaban J connectivity index is 1.86. The third kappa shape index (κ3) is 2.38. The molecule has 14 heavy (non-hydrogen) atoms. The first-order chi connectivity index (χ1) is 6.90. The fourth-order valence-electron chi connectivity index (χ4n) is 2.70. The zero-order valence-electron chi connectivity index (χ0n) is 9.39. The van der Waals surface area contributed by atoms with Gasteiger partial charge < -0.3 is 5.32 Å².